The Balaban J connectivity index is 1.54. The zero-order valence-corrected chi connectivity index (χ0v) is 24.0. The van der Waals surface area contributed by atoms with Gasteiger partial charge in [-0.15, -0.1) is 5.10 Å². The smallest absolute Gasteiger partial charge is 0.310 e. The predicted molar refractivity (Wildman–Crippen MR) is 143 cm³/mol. The second-order valence-electron chi connectivity index (χ2n) is 11.5. The number of ether oxygens (including phenoxy) is 1. The molecule has 2 amide bonds. The number of rotatable bonds is 8. The first-order valence-corrected chi connectivity index (χ1v) is 14.2. The van der Waals surface area contributed by atoms with Crippen molar-refractivity contribution >= 4 is 29.4 Å². The molecule has 2 aliphatic heterocycles. The lowest BCUT2D eigenvalue weighted by molar-refractivity contribution is -0.158. The molecule has 3 aliphatic rings. The Labute approximate surface area is 241 Å². The van der Waals surface area contributed by atoms with Crippen LogP contribution in [0, 0.1) is 17.3 Å². The number of carboxylic acid groups (broad SMARTS) is 1. The number of benzene rings is 1. The number of hydrogen-bond acceptors (Lipinski definition) is 6. The Morgan fingerprint density at radius 2 is 2.02 bits per heavy atom. The minimum atomic E-state index is -2.80. The number of carbonyl (C=O) groups excluding carboxylic acids is 2. The highest BCUT2D eigenvalue weighted by molar-refractivity contribution is 6.31. The Bertz CT molecular complexity index is 1370. The quantitative estimate of drug-likeness (QED) is 0.488. The van der Waals surface area contributed by atoms with Crippen LogP contribution < -0.4 is 4.74 Å². The van der Waals surface area contributed by atoms with Gasteiger partial charge in [0.1, 0.15) is 23.7 Å². The van der Waals surface area contributed by atoms with Gasteiger partial charge < -0.3 is 19.6 Å². The molecule has 1 aromatic heterocycles. The maximum atomic E-state index is 14.1. The number of aryl methyl sites for hydroxylation is 1. The van der Waals surface area contributed by atoms with Crippen LogP contribution in [0.5, 0.6) is 5.75 Å². The Kier molecular flexibility index (Phi) is 7.97. The number of amides is 2. The minimum Gasteiger partial charge on any atom is -0.487 e. The molecule has 0 radical (unpaired) electrons. The largest absolute Gasteiger partial charge is 0.487 e. The number of fused-ring (bicyclic) bond motifs is 1. The highest BCUT2D eigenvalue weighted by Gasteiger charge is 2.51. The first-order chi connectivity index (χ1) is 19.4. The summed E-state index contributed by atoms with van der Waals surface area (Å²) in [5.74, 6) is -1.82. The summed E-state index contributed by atoms with van der Waals surface area (Å²) in [7, 11) is 1.38. The molecule has 2 aromatic rings. The van der Waals surface area contributed by atoms with E-state index >= 15 is 0 Å². The van der Waals surface area contributed by atoms with Crippen molar-refractivity contribution in [1.29, 1.82) is 0 Å². The van der Waals surface area contributed by atoms with E-state index in [2.05, 4.69) is 10.3 Å². The summed E-state index contributed by atoms with van der Waals surface area (Å²) >= 11 is 6.63. The summed E-state index contributed by atoms with van der Waals surface area (Å²) < 4.78 is 34.4. The van der Waals surface area contributed by atoms with Gasteiger partial charge in [0.05, 0.1) is 17.4 Å². The molecule has 13 heteroatoms. The normalized spacial score (nSPS) is 26.1. The molecule has 1 aromatic carbocycles. The summed E-state index contributed by atoms with van der Waals surface area (Å²) in [5.41, 5.74) is -0.212. The zero-order valence-electron chi connectivity index (χ0n) is 23.3. The highest BCUT2D eigenvalue weighted by atomic mass is 35.5. The zero-order chi connectivity index (χ0) is 29.6. The summed E-state index contributed by atoms with van der Waals surface area (Å²) in [6.07, 6.45) is -0.233. The molecular formula is C28H34ClF2N5O5. The van der Waals surface area contributed by atoms with Gasteiger partial charge in [-0.05, 0) is 50.3 Å². The lowest BCUT2D eigenvalue weighted by atomic mass is 9.78. The standard InChI is InChI=1S/C28H34ClF2N5O5/c1-15-8-11-35(25(15)37)13-20-22-16(9-12-36(20)26(38)17-5-4-10-28(17,2)27(39)40)18(29)6-7-21(22)41-14-19-23(24(30)31)34(3)33-32-19/h6-7,15,17,20,24H,4-5,8-14H2,1-3H3,(H,39,40)/t15-,17?,20+,28+/m0/s1. The third-order valence-electron chi connectivity index (χ3n) is 9.07. The van der Waals surface area contributed by atoms with Crippen molar-refractivity contribution in [1.82, 2.24) is 24.8 Å². The average Bonchev–Trinajstić information content (AvgIpc) is 3.61. The van der Waals surface area contributed by atoms with Crippen LogP contribution in [0.15, 0.2) is 12.1 Å². The van der Waals surface area contributed by atoms with Crippen molar-refractivity contribution in [3.63, 3.8) is 0 Å². The number of aromatic nitrogens is 3. The fraction of sp³-hybridized carbons (Fsp3) is 0.607. The summed E-state index contributed by atoms with van der Waals surface area (Å²) in [4.78, 5) is 42.7. The molecule has 2 fully saturated rings. The van der Waals surface area contributed by atoms with Crippen molar-refractivity contribution in [2.45, 2.75) is 65.0 Å². The van der Waals surface area contributed by atoms with Crippen LogP contribution in [-0.2, 0) is 34.5 Å². The molecule has 5 rings (SSSR count). The van der Waals surface area contributed by atoms with E-state index in [9.17, 15) is 28.3 Å². The number of nitrogens with zero attached hydrogens (tertiary/aromatic N) is 5. The highest BCUT2D eigenvalue weighted by Crippen LogP contribution is 2.47. The van der Waals surface area contributed by atoms with Gasteiger partial charge in [-0.25, -0.2) is 13.5 Å². The molecule has 1 saturated heterocycles. The number of halogens is 3. The fourth-order valence-electron chi connectivity index (χ4n) is 6.59. The molecule has 4 atom stereocenters. The first-order valence-electron chi connectivity index (χ1n) is 13.9. The third kappa shape index (κ3) is 5.15. The number of alkyl halides is 2. The second-order valence-corrected chi connectivity index (χ2v) is 11.9. The van der Waals surface area contributed by atoms with Crippen molar-refractivity contribution in [3.8, 4) is 5.75 Å². The SMILES string of the molecule is C[C@H]1CCN(C[C@@H]2c3c(OCc4nnn(C)c4C(F)F)ccc(Cl)c3CCN2C(=O)C2CCC[C@@]2(C)C(=O)O)C1=O. The van der Waals surface area contributed by atoms with Crippen LogP contribution in [0.4, 0.5) is 8.78 Å². The third-order valence-corrected chi connectivity index (χ3v) is 9.43. The molecule has 41 heavy (non-hydrogen) atoms. The van der Waals surface area contributed by atoms with Gasteiger partial charge >= 0.3 is 5.97 Å². The van der Waals surface area contributed by atoms with Crippen molar-refractivity contribution < 1.29 is 33.0 Å². The molecule has 1 N–H and O–H groups in total. The fourth-order valence-corrected chi connectivity index (χ4v) is 6.85. The van der Waals surface area contributed by atoms with Gasteiger partial charge in [-0.1, -0.05) is 30.2 Å². The van der Waals surface area contributed by atoms with Gasteiger partial charge in [0.25, 0.3) is 6.43 Å². The molecule has 1 saturated carbocycles. The first kappa shape index (κ1) is 29.2. The molecule has 1 aliphatic carbocycles. The molecular weight excluding hydrogens is 560 g/mol. The van der Waals surface area contributed by atoms with Crippen molar-refractivity contribution in [3.05, 3.63) is 39.7 Å². The number of likely N-dealkylation sites (tertiary alicyclic amines) is 1. The topological polar surface area (TPSA) is 118 Å². The van der Waals surface area contributed by atoms with Crippen LogP contribution in [-0.4, -0.2) is 67.3 Å². The Morgan fingerprint density at radius 3 is 2.68 bits per heavy atom. The van der Waals surface area contributed by atoms with E-state index < -0.39 is 29.8 Å². The van der Waals surface area contributed by atoms with Crippen LogP contribution in [0.2, 0.25) is 5.02 Å². The average molecular weight is 594 g/mol. The Morgan fingerprint density at radius 1 is 1.27 bits per heavy atom. The van der Waals surface area contributed by atoms with Crippen molar-refractivity contribution in [2.24, 2.45) is 24.3 Å². The van der Waals surface area contributed by atoms with Crippen LogP contribution in [0.1, 0.15) is 74.5 Å². The number of hydrogen-bond donors (Lipinski definition) is 1. The number of aliphatic carboxylic acids is 1. The maximum Gasteiger partial charge on any atom is 0.310 e. The molecule has 10 nitrogen and oxygen atoms in total. The number of carbonyl (C=O) groups is 3. The van der Waals surface area contributed by atoms with Gasteiger partial charge in [0.15, 0.2) is 0 Å². The van der Waals surface area contributed by atoms with Crippen LogP contribution in [0.25, 0.3) is 0 Å². The van der Waals surface area contributed by atoms with Crippen molar-refractivity contribution in [2.75, 3.05) is 19.6 Å². The van der Waals surface area contributed by atoms with Gasteiger partial charge in [-0.2, -0.15) is 0 Å². The van der Waals surface area contributed by atoms with E-state index in [4.69, 9.17) is 16.3 Å². The predicted octanol–water partition coefficient (Wildman–Crippen LogP) is 4.17. The molecule has 222 valence electrons. The van der Waals surface area contributed by atoms with E-state index in [1.165, 1.54) is 7.05 Å². The second kappa shape index (κ2) is 11.2. The summed E-state index contributed by atoms with van der Waals surface area (Å²) in [6, 6.07) is 2.63. The summed E-state index contributed by atoms with van der Waals surface area (Å²) in [6.45, 7) is 4.20. The van der Waals surface area contributed by atoms with E-state index in [1.807, 2.05) is 6.92 Å². The van der Waals surface area contributed by atoms with E-state index in [-0.39, 0.29) is 42.3 Å². The van der Waals surface area contributed by atoms with E-state index in [0.717, 1.165) is 10.2 Å². The van der Waals surface area contributed by atoms with Crippen LogP contribution in [0.3, 0.4) is 0 Å². The van der Waals surface area contributed by atoms with E-state index in [0.29, 0.717) is 61.5 Å². The monoisotopic (exact) mass is 593 g/mol. The Hall–Kier alpha value is -3.28. The summed E-state index contributed by atoms with van der Waals surface area (Å²) in [5, 5.41) is 18.0. The van der Waals surface area contributed by atoms with Gasteiger partial charge in [0, 0.05) is 43.2 Å². The number of carboxylic acids is 1. The van der Waals surface area contributed by atoms with Gasteiger partial charge in [-0.3, -0.25) is 14.4 Å². The van der Waals surface area contributed by atoms with E-state index in [1.54, 1.807) is 28.9 Å². The molecule has 0 bridgehead atoms. The maximum absolute atomic E-state index is 14.1. The van der Waals surface area contributed by atoms with Crippen LogP contribution >= 0.6 is 11.6 Å². The van der Waals surface area contributed by atoms with Gasteiger partial charge in [0.2, 0.25) is 11.8 Å². The molecule has 0 spiro atoms. The molecule has 1 unspecified atom stereocenters. The lowest BCUT2D eigenvalue weighted by Crippen LogP contribution is -2.50. The molecule has 3 heterocycles. The lowest BCUT2D eigenvalue weighted by Gasteiger charge is -2.42. The minimum absolute atomic E-state index is 0.0155.